The van der Waals surface area contributed by atoms with Crippen LogP contribution in [-0.4, -0.2) is 15.0 Å². The van der Waals surface area contributed by atoms with Crippen molar-refractivity contribution in [3.63, 3.8) is 0 Å². The lowest BCUT2D eigenvalue weighted by atomic mass is 10.2. The molecule has 134 valence electrons. The Labute approximate surface area is 157 Å². The summed E-state index contributed by atoms with van der Waals surface area (Å²) in [6.45, 7) is 1.14. The summed E-state index contributed by atoms with van der Waals surface area (Å²) in [5.74, 6) is 2.96. The predicted octanol–water partition coefficient (Wildman–Crippen LogP) is 4.36. The molecule has 6 heteroatoms. The van der Waals surface area contributed by atoms with E-state index in [4.69, 9.17) is 4.42 Å². The maximum Gasteiger partial charge on any atom is 0.163 e. The molecule has 0 aliphatic heterocycles. The normalized spacial score (nSPS) is 10.5. The fraction of sp³-hybridized carbons (Fsp3) is 0.0952. The van der Waals surface area contributed by atoms with Crippen LogP contribution >= 0.6 is 0 Å². The van der Waals surface area contributed by atoms with Crippen molar-refractivity contribution in [1.82, 2.24) is 15.0 Å². The quantitative estimate of drug-likeness (QED) is 0.512. The van der Waals surface area contributed by atoms with Gasteiger partial charge in [0.2, 0.25) is 0 Å². The Morgan fingerprint density at radius 3 is 2.26 bits per heavy atom. The topological polar surface area (TPSA) is 75.9 Å². The van der Waals surface area contributed by atoms with E-state index in [9.17, 15) is 0 Å². The summed E-state index contributed by atoms with van der Waals surface area (Å²) in [5.41, 5.74) is 1.91. The van der Waals surface area contributed by atoms with Crippen LogP contribution in [0.1, 0.15) is 11.5 Å². The van der Waals surface area contributed by atoms with Gasteiger partial charge in [0.15, 0.2) is 5.82 Å². The van der Waals surface area contributed by atoms with E-state index in [1.165, 1.54) is 0 Å². The van der Waals surface area contributed by atoms with E-state index in [1.54, 1.807) is 12.5 Å². The smallest absolute Gasteiger partial charge is 0.163 e. The first kappa shape index (κ1) is 16.8. The summed E-state index contributed by atoms with van der Waals surface area (Å²) in [6, 6.07) is 21.4. The first-order chi connectivity index (χ1) is 13.4. The second-order valence-electron chi connectivity index (χ2n) is 5.94. The third kappa shape index (κ3) is 4.49. The number of hydrogen-bond donors (Lipinski definition) is 2. The Kier molecular flexibility index (Phi) is 5.06. The van der Waals surface area contributed by atoms with Crippen molar-refractivity contribution >= 4 is 11.6 Å². The average Bonchev–Trinajstić information content (AvgIpc) is 3.26. The lowest BCUT2D eigenvalue weighted by molar-refractivity contribution is 0.518. The highest BCUT2D eigenvalue weighted by atomic mass is 16.3. The summed E-state index contributed by atoms with van der Waals surface area (Å²) in [7, 11) is 0. The van der Waals surface area contributed by atoms with Crippen LogP contribution in [0.4, 0.5) is 11.6 Å². The molecule has 0 spiro atoms. The fourth-order valence-corrected chi connectivity index (χ4v) is 2.62. The molecule has 6 nitrogen and oxygen atoms in total. The number of nitrogens with zero attached hydrogens (tertiary/aromatic N) is 3. The van der Waals surface area contributed by atoms with Crippen molar-refractivity contribution in [1.29, 1.82) is 0 Å². The maximum atomic E-state index is 5.38. The molecule has 0 unspecified atom stereocenters. The Morgan fingerprint density at radius 2 is 1.56 bits per heavy atom. The van der Waals surface area contributed by atoms with Crippen molar-refractivity contribution in [3.05, 3.63) is 90.6 Å². The van der Waals surface area contributed by atoms with Crippen molar-refractivity contribution in [2.24, 2.45) is 0 Å². The standard InChI is InChI=1S/C21H19N5O/c1-2-7-16(8-3-1)21-25-19(23-14-17-9-4-5-11-22-17)13-20(26-21)24-15-18-10-6-12-27-18/h1-13H,14-15H2,(H2,23,24,25,26). The lowest BCUT2D eigenvalue weighted by Gasteiger charge is -2.11. The predicted molar refractivity (Wildman–Crippen MR) is 105 cm³/mol. The van der Waals surface area contributed by atoms with E-state index in [0.29, 0.717) is 18.9 Å². The number of rotatable bonds is 7. The molecule has 0 atom stereocenters. The number of aromatic nitrogens is 3. The molecule has 0 saturated heterocycles. The van der Waals surface area contributed by atoms with Crippen LogP contribution < -0.4 is 10.6 Å². The van der Waals surface area contributed by atoms with Crippen molar-refractivity contribution < 1.29 is 4.42 Å². The van der Waals surface area contributed by atoms with Gasteiger partial charge in [-0.1, -0.05) is 36.4 Å². The molecule has 27 heavy (non-hydrogen) atoms. The molecular formula is C21H19N5O. The number of hydrogen-bond acceptors (Lipinski definition) is 6. The molecule has 4 rings (SSSR count). The van der Waals surface area contributed by atoms with E-state index in [0.717, 1.165) is 28.7 Å². The van der Waals surface area contributed by atoms with Crippen LogP contribution in [0, 0.1) is 0 Å². The van der Waals surface area contributed by atoms with Gasteiger partial charge in [-0.3, -0.25) is 4.98 Å². The van der Waals surface area contributed by atoms with Crippen molar-refractivity contribution in [2.75, 3.05) is 10.6 Å². The molecule has 3 heterocycles. The van der Waals surface area contributed by atoms with Gasteiger partial charge in [0.1, 0.15) is 17.4 Å². The molecule has 3 aromatic heterocycles. The third-order valence-corrected chi connectivity index (χ3v) is 3.96. The average molecular weight is 357 g/mol. The molecule has 0 saturated carbocycles. The molecule has 0 aliphatic rings. The Balaban J connectivity index is 1.57. The van der Waals surface area contributed by atoms with E-state index in [-0.39, 0.29) is 0 Å². The van der Waals surface area contributed by atoms with Gasteiger partial charge in [0, 0.05) is 17.8 Å². The monoisotopic (exact) mass is 357 g/mol. The van der Waals surface area contributed by atoms with Gasteiger partial charge in [0.05, 0.1) is 25.0 Å². The number of pyridine rings is 1. The second-order valence-corrected chi connectivity index (χ2v) is 5.94. The lowest BCUT2D eigenvalue weighted by Crippen LogP contribution is -2.07. The van der Waals surface area contributed by atoms with Gasteiger partial charge in [0.25, 0.3) is 0 Å². The van der Waals surface area contributed by atoms with Gasteiger partial charge < -0.3 is 15.1 Å². The highest BCUT2D eigenvalue weighted by Gasteiger charge is 2.08. The van der Waals surface area contributed by atoms with E-state index >= 15 is 0 Å². The highest BCUT2D eigenvalue weighted by molar-refractivity contribution is 5.61. The van der Waals surface area contributed by atoms with Crippen LogP contribution in [0.2, 0.25) is 0 Å². The Morgan fingerprint density at radius 1 is 0.778 bits per heavy atom. The fourth-order valence-electron chi connectivity index (χ4n) is 2.62. The van der Waals surface area contributed by atoms with Gasteiger partial charge in [-0.2, -0.15) is 0 Å². The maximum absolute atomic E-state index is 5.38. The molecule has 1 aromatic carbocycles. The summed E-state index contributed by atoms with van der Waals surface area (Å²) in [5, 5.41) is 6.62. The molecular weight excluding hydrogens is 338 g/mol. The minimum Gasteiger partial charge on any atom is -0.467 e. The van der Waals surface area contributed by atoms with E-state index in [2.05, 4.69) is 25.6 Å². The summed E-state index contributed by atoms with van der Waals surface area (Å²) < 4.78 is 5.38. The summed E-state index contributed by atoms with van der Waals surface area (Å²) in [6.07, 6.45) is 3.44. The van der Waals surface area contributed by atoms with Crippen LogP contribution in [0.3, 0.4) is 0 Å². The minimum atomic E-state index is 0.553. The van der Waals surface area contributed by atoms with Gasteiger partial charge in [-0.05, 0) is 24.3 Å². The molecule has 0 amide bonds. The SMILES string of the molecule is c1ccc(-c2nc(NCc3ccccn3)cc(NCc3ccco3)n2)cc1. The van der Waals surface area contributed by atoms with Gasteiger partial charge in [-0.25, -0.2) is 9.97 Å². The molecule has 0 bridgehead atoms. The molecule has 2 N–H and O–H groups in total. The van der Waals surface area contributed by atoms with Crippen molar-refractivity contribution in [2.45, 2.75) is 13.1 Å². The number of benzene rings is 1. The largest absolute Gasteiger partial charge is 0.467 e. The molecule has 4 aromatic rings. The minimum absolute atomic E-state index is 0.553. The van der Waals surface area contributed by atoms with Crippen LogP contribution in [-0.2, 0) is 13.1 Å². The van der Waals surface area contributed by atoms with Crippen LogP contribution in [0.15, 0.2) is 83.6 Å². The second kappa shape index (κ2) is 8.14. The Hall–Kier alpha value is -3.67. The van der Waals surface area contributed by atoms with E-state index < -0.39 is 0 Å². The number of anilines is 2. The van der Waals surface area contributed by atoms with Gasteiger partial charge in [-0.15, -0.1) is 0 Å². The van der Waals surface area contributed by atoms with Crippen LogP contribution in [0.25, 0.3) is 11.4 Å². The molecule has 0 aliphatic carbocycles. The summed E-state index contributed by atoms with van der Waals surface area (Å²) in [4.78, 5) is 13.6. The first-order valence-corrected chi connectivity index (χ1v) is 8.71. The summed E-state index contributed by atoms with van der Waals surface area (Å²) >= 11 is 0. The van der Waals surface area contributed by atoms with Gasteiger partial charge >= 0.3 is 0 Å². The van der Waals surface area contributed by atoms with E-state index in [1.807, 2.05) is 66.7 Å². The Bertz CT molecular complexity index is 972. The number of nitrogens with one attached hydrogen (secondary N) is 2. The van der Waals surface area contributed by atoms with Crippen LogP contribution in [0.5, 0.6) is 0 Å². The first-order valence-electron chi connectivity index (χ1n) is 8.71. The molecule has 0 fully saturated rings. The third-order valence-electron chi connectivity index (χ3n) is 3.96. The molecule has 0 radical (unpaired) electrons. The van der Waals surface area contributed by atoms with Crippen molar-refractivity contribution in [3.8, 4) is 11.4 Å². The number of furan rings is 1. The zero-order valence-electron chi connectivity index (χ0n) is 14.7. The zero-order chi connectivity index (χ0) is 18.3. The zero-order valence-corrected chi connectivity index (χ0v) is 14.7. The highest BCUT2D eigenvalue weighted by Crippen LogP contribution is 2.21.